The number of nitrogens with one attached hydrogen (secondary N) is 1. The van der Waals surface area contributed by atoms with E-state index in [0.717, 1.165) is 44.9 Å². The highest BCUT2D eigenvalue weighted by Gasteiger charge is 2.36. The van der Waals surface area contributed by atoms with Crippen LogP contribution in [0.25, 0.3) is 0 Å². The van der Waals surface area contributed by atoms with E-state index in [1.165, 1.54) is 12.0 Å². The smallest absolute Gasteiger partial charge is 0.410 e. The maximum absolute atomic E-state index is 13.2. The van der Waals surface area contributed by atoms with Gasteiger partial charge in [0.25, 0.3) is 0 Å². The van der Waals surface area contributed by atoms with Gasteiger partial charge < -0.3 is 15.0 Å². The van der Waals surface area contributed by atoms with Crippen molar-refractivity contribution in [3.8, 4) is 0 Å². The lowest BCUT2D eigenvalue weighted by Crippen LogP contribution is -2.44. The van der Waals surface area contributed by atoms with Crippen LogP contribution in [0.1, 0.15) is 90.7 Å². The topological polar surface area (TPSA) is 58.6 Å². The monoisotopic (exact) mass is 428 g/mol. The molecular weight excluding hydrogens is 388 g/mol. The van der Waals surface area contributed by atoms with E-state index in [1.54, 1.807) is 0 Å². The molecule has 172 valence electrons. The van der Waals surface area contributed by atoms with Crippen molar-refractivity contribution in [3.05, 3.63) is 35.9 Å². The number of ether oxygens (including phenoxy) is 1. The maximum atomic E-state index is 13.2. The summed E-state index contributed by atoms with van der Waals surface area (Å²) in [5.41, 5.74) is 0.460. The molecule has 1 saturated carbocycles. The quantitative estimate of drug-likeness (QED) is 0.640. The highest BCUT2D eigenvalue weighted by Crippen LogP contribution is 2.37. The van der Waals surface area contributed by atoms with Gasteiger partial charge in [-0.2, -0.15) is 0 Å². The molecule has 1 aromatic rings. The number of carbonyl (C=O) groups excluding carboxylic acids is 2. The fourth-order valence-corrected chi connectivity index (χ4v) is 4.87. The highest BCUT2D eigenvalue weighted by atomic mass is 16.6. The summed E-state index contributed by atoms with van der Waals surface area (Å²) >= 11 is 0. The second-order valence-corrected chi connectivity index (χ2v) is 10.7. The SMILES string of the molecule is CC(C)(C)OC(=O)N1CCC(CC(NC(=O)C2(C)CCCCC2)c2ccccc2)CC1. The summed E-state index contributed by atoms with van der Waals surface area (Å²) in [6.45, 7) is 9.26. The van der Waals surface area contributed by atoms with Gasteiger partial charge in [-0.1, -0.05) is 56.5 Å². The number of amides is 2. The summed E-state index contributed by atoms with van der Waals surface area (Å²) in [6.07, 6.45) is 8.06. The van der Waals surface area contributed by atoms with Gasteiger partial charge in [0.2, 0.25) is 5.91 Å². The minimum Gasteiger partial charge on any atom is -0.444 e. The lowest BCUT2D eigenvalue weighted by Gasteiger charge is -2.37. The number of rotatable bonds is 5. The normalized spacial score (nSPS) is 20.7. The molecular formula is C26H40N2O3. The molecule has 0 aromatic heterocycles. The van der Waals surface area contributed by atoms with E-state index in [0.29, 0.717) is 19.0 Å². The van der Waals surface area contributed by atoms with Gasteiger partial charge >= 0.3 is 6.09 Å². The molecule has 3 rings (SSSR count). The standard InChI is InChI=1S/C26H40N2O3/c1-25(2,3)31-24(30)28-17-13-20(14-18-28)19-22(21-11-7-5-8-12-21)27-23(29)26(4)15-9-6-10-16-26/h5,7-8,11-12,20,22H,6,9-10,13-19H2,1-4H3,(H,27,29). The Bertz CT molecular complexity index is 727. The number of hydrogen-bond donors (Lipinski definition) is 1. The Balaban J connectivity index is 1.61. The zero-order chi connectivity index (χ0) is 22.5. The minimum atomic E-state index is -0.466. The van der Waals surface area contributed by atoms with Crippen molar-refractivity contribution < 1.29 is 14.3 Å². The van der Waals surface area contributed by atoms with Crippen LogP contribution in [0.3, 0.4) is 0 Å². The molecule has 1 atom stereocenters. The van der Waals surface area contributed by atoms with Gasteiger partial charge in [-0.3, -0.25) is 4.79 Å². The number of likely N-dealkylation sites (tertiary alicyclic amines) is 1. The van der Waals surface area contributed by atoms with Crippen molar-refractivity contribution in [2.24, 2.45) is 11.3 Å². The summed E-state index contributed by atoms with van der Waals surface area (Å²) in [5.74, 6) is 0.676. The molecule has 2 aliphatic rings. The lowest BCUT2D eigenvalue weighted by atomic mass is 9.74. The first kappa shape index (κ1) is 23.6. The van der Waals surface area contributed by atoms with Gasteiger partial charge in [-0.05, 0) is 64.4 Å². The van der Waals surface area contributed by atoms with Crippen LogP contribution in [0.2, 0.25) is 0 Å². The molecule has 5 heteroatoms. The van der Waals surface area contributed by atoms with Gasteiger partial charge in [-0.25, -0.2) is 4.79 Å². The number of piperidine rings is 1. The predicted molar refractivity (Wildman–Crippen MR) is 124 cm³/mol. The average molecular weight is 429 g/mol. The summed E-state index contributed by atoms with van der Waals surface area (Å²) in [7, 11) is 0. The van der Waals surface area contributed by atoms with Crippen molar-refractivity contribution >= 4 is 12.0 Å². The second-order valence-electron chi connectivity index (χ2n) is 10.7. The summed E-state index contributed by atoms with van der Waals surface area (Å²) in [4.78, 5) is 27.4. The van der Waals surface area contributed by atoms with Crippen LogP contribution in [-0.2, 0) is 9.53 Å². The first-order valence-electron chi connectivity index (χ1n) is 12.0. The fourth-order valence-electron chi connectivity index (χ4n) is 4.87. The number of benzene rings is 1. The first-order chi connectivity index (χ1) is 14.7. The van der Waals surface area contributed by atoms with Crippen molar-refractivity contribution in [2.75, 3.05) is 13.1 Å². The van der Waals surface area contributed by atoms with E-state index < -0.39 is 5.60 Å². The first-order valence-corrected chi connectivity index (χ1v) is 12.0. The third-order valence-corrected chi connectivity index (χ3v) is 6.85. The molecule has 1 N–H and O–H groups in total. The molecule has 0 spiro atoms. The zero-order valence-electron chi connectivity index (χ0n) is 19.8. The summed E-state index contributed by atoms with van der Waals surface area (Å²) in [5, 5.41) is 3.41. The van der Waals surface area contributed by atoms with Gasteiger partial charge in [0.15, 0.2) is 0 Å². The van der Waals surface area contributed by atoms with Crippen molar-refractivity contribution in [1.29, 1.82) is 0 Å². The van der Waals surface area contributed by atoms with Gasteiger partial charge in [0.1, 0.15) is 5.60 Å². The third kappa shape index (κ3) is 6.72. The van der Waals surface area contributed by atoms with E-state index in [4.69, 9.17) is 4.74 Å². The van der Waals surface area contributed by atoms with E-state index in [2.05, 4.69) is 24.4 Å². The molecule has 1 unspecified atom stereocenters. The Morgan fingerprint density at radius 3 is 2.29 bits per heavy atom. The van der Waals surface area contributed by atoms with Crippen LogP contribution in [0.5, 0.6) is 0 Å². The number of carbonyl (C=O) groups is 2. The molecule has 1 heterocycles. The van der Waals surface area contributed by atoms with Crippen molar-refractivity contribution in [2.45, 2.75) is 90.7 Å². The van der Waals surface area contributed by atoms with Gasteiger partial charge in [0.05, 0.1) is 6.04 Å². The zero-order valence-corrected chi connectivity index (χ0v) is 19.8. The number of nitrogens with zero attached hydrogens (tertiary/aromatic N) is 1. The number of hydrogen-bond acceptors (Lipinski definition) is 3. The van der Waals surface area contributed by atoms with Crippen LogP contribution in [0.15, 0.2) is 30.3 Å². The molecule has 1 aliphatic heterocycles. The summed E-state index contributed by atoms with van der Waals surface area (Å²) < 4.78 is 5.52. The fraction of sp³-hybridized carbons (Fsp3) is 0.692. The molecule has 1 aliphatic carbocycles. The Morgan fingerprint density at radius 2 is 1.71 bits per heavy atom. The Kier molecular flexibility index (Phi) is 7.66. The lowest BCUT2D eigenvalue weighted by molar-refractivity contribution is -0.132. The average Bonchev–Trinajstić information content (AvgIpc) is 2.73. The molecule has 1 saturated heterocycles. The maximum Gasteiger partial charge on any atom is 0.410 e. The molecule has 2 amide bonds. The molecule has 0 bridgehead atoms. The van der Waals surface area contributed by atoms with Gasteiger partial charge in [0, 0.05) is 18.5 Å². The minimum absolute atomic E-state index is 0.0190. The van der Waals surface area contributed by atoms with Crippen LogP contribution in [0.4, 0.5) is 4.79 Å². The van der Waals surface area contributed by atoms with Crippen LogP contribution >= 0.6 is 0 Å². The van der Waals surface area contributed by atoms with Crippen LogP contribution in [-0.4, -0.2) is 35.6 Å². The highest BCUT2D eigenvalue weighted by molar-refractivity contribution is 5.82. The Hall–Kier alpha value is -2.04. The molecule has 31 heavy (non-hydrogen) atoms. The second kappa shape index (κ2) is 10.1. The molecule has 0 radical (unpaired) electrons. The van der Waals surface area contributed by atoms with Crippen molar-refractivity contribution in [1.82, 2.24) is 10.2 Å². The van der Waals surface area contributed by atoms with Crippen LogP contribution < -0.4 is 5.32 Å². The van der Waals surface area contributed by atoms with E-state index in [-0.39, 0.29) is 23.5 Å². The molecule has 5 nitrogen and oxygen atoms in total. The van der Waals surface area contributed by atoms with E-state index >= 15 is 0 Å². The van der Waals surface area contributed by atoms with E-state index in [1.807, 2.05) is 43.9 Å². The van der Waals surface area contributed by atoms with Crippen molar-refractivity contribution in [3.63, 3.8) is 0 Å². The largest absolute Gasteiger partial charge is 0.444 e. The predicted octanol–water partition coefficient (Wildman–Crippen LogP) is 5.85. The molecule has 2 fully saturated rings. The van der Waals surface area contributed by atoms with Crippen LogP contribution in [0, 0.1) is 11.3 Å². The third-order valence-electron chi connectivity index (χ3n) is 6.85. The Morgan fingerprint density at radius 1 is 1.10 bits per heavy atom. The van der Waals surface area contributed by atoms with E-state index in [9.17, 15) is 9.59 Å². The van der Waals surface area contributed by atoms with Gasteiger partial charge in [-0.15, -0.1) is 0 Å². The Labute approximate surface area is 187 Å². The molecule has 1 aromatic carbocycles. The summed E-state index contributed by atoms with van der Waals surface area (Å²) in [6, 6.07) is 10.4.